The summed E-state index contributed by atoms with van der Waals surface area (Å²) in [7, 11) is 0. The zero-order valence-electron chi connectivity index (χ0n) is 10.8. The topological polar surface area (TPSA) is 61.7 Å². The van der Waals surface area contributed by atoms with Crippen LogP contribution in [0.1, 0.15) is 21.5 Å². The minimum atomic E-state index is -0.313. The first kappa shape index (κ1) is 14.1. The number of para-hydroxylation sites is 1. The molecule has 2 aromatic rings. The molecule has 0 atom stereocenters. The number of aromatic hydroxyl groups is 1. The molecule has 0 bridgehead atoms. The molecule has 2 N–H and O–H groups in total. The minimum absolute atomic E-state index is 0.0669. The van der Waals surface area contributed by atoms with Gasteiger partial charge in [0.05, 0.1) is 11.2 Å². The highest BCUT2D eigenvalue weighted by Gasteiger charge is 2.05. The first-order valence-corrected chi connectivity index (χ1v) is 6.33. The lowest BCUT2D eigenvalue weighted by atomic mass is 10.1. The molecule has 0 radical (unpaired) electrons. The van der Waals surface area contributed by atoms with E-state index in [1.807, 2.05) is 13.0 Å². The lowest BCUT2D eigenvalue weighted by Gasteiger charge is -2.02. The van der Waals surface area contributed by atoms with Gasteiger partial charge in [-0.3, -0.25) is 4.79 Å². The average Bonchev–Trinajstić information content (AvgIpc) is 2.43. The molecule has 0 saturated carbocycles. The molecule has 0 unspecified atom stereocenters. The number of phenols is 1. The molecule has 0 aliphatic heterocycles. The summed E-state index contributed by atoms with van der Waals surface area (Å²) in [5, 5.41) is 13.7. The maximum atomic E-state index is 11.8. The number of nitrogens with one attached hydrogen (secondary N) is 1. The Morgan fingerprint density at radius 2 is 2.05 bits per heavy atom. The van der Waals surface area contributed by atoms with Crippen LogP contribution in [0.4, 0.5) is 0 Å². The normalized spacial score (nSPS) is 10.7. The van der Waals surface area contributed by atoms with Gasteiger partial charge in [-0.05, 0) is 31.2 Å². The van der Waals surface area contributed by atoms with E-state index in [1.165, 1.54) is 6.21 Å². The van der Waals surface area contributed by atoms with Gasteiger partial charge in [-0.2, -0.15) is 5.10 Å². The van der Waals surface area contributed by atoms with E-state index in [9.17, 15) is 9.90 Å². The Balaban J connectivity index is 2.07. The maximum Gasteiger partial charge on any atom is 0.271 e. The molecule has 4 nitrogen and oxygen atoms in total. The summed E-state index contributed by atoms with van der Waals surface area (Å²) >= 11 is 5.77. The van der Waals surface area contributed by atoms with Gasteiger partial charge in [-0.1, -0.05) is 35.4 Å². The fourth-order valence-corrected chi connectivity index (χ4v) is 1.83. The fourth-order valence-electron chi connectivity index (χ4n) is 1.65. The number of hydrogen-bond donors (Lipinski definition) is 2. The predicted molar refractivity (Wildman–Crippen MR) is 79.4 cm³/mol. The monoisotopic (exact) mass is 288 g/mol. The quantitative estimate of drug-likeness (QED) is 0.673. The fraction of sp³-hybridized carbons (Fsp3) is 0.0667. The largest absolute Gasteiger partial charge is 0.506 e. The third-order valence-corrected chi connectivity index (χ3v) is 2.97. The summed E-state index contributed by atoms with van der Waals surface area (Å²) in [6.07, 6.45) is 1.34. The van der Waals surface area contributed by atoms with E-state index in [4.69, 9.17) is 11.6 Å². The molecule has 0 aliphatic rings. The summed E-state index contributed by atoms with van der Waals surface area (Å²) in [5.74, 6) is -0.380. The van der Waals surface area contributed by atoms with Gasteiger partial charge in [-0.25, -0.2) is 5.43 Å². The Bertz CT molecular complexity index is 669. The molecule has 0 aliphatic carbocycles. The van der Waals surface area contributed by atoms with Gasteiger partial charge in [0.15, 0.2) is 0 Å². The van der Waals surface area contributed by atoms with Gasteiger partial charge in [0.25, 0.3) is 5.91 Å². The van der Waals surface area contributed by atoms with Crippen LogP contribution in [-0.4, -0.2) is 17.2 Å². The molecule has 2 aromatic carbocycles. The second-order valence-electron chi connectivity index (χ2n) is 4.25. The van der Waals surface area contributed by atoms with Crippen LogP contribution in [0.15, 0.2) is 47.6 Å². The summed E-state index contributed by atoms with van der Waals surface area (Å²) in [6.45, 7) is 1.91. The third kappa shape index (κ3) is 3.36. The van der Waals surface area contributed by atoms with E-state index < -0.39 is 0 Å². The number of phenolic OH excluding ortho intramolecular Hbond substituents is 1. The second-order valence-corrected chi connectivity index (χ2v) is 4.65. The van der Waals surface area contributed by atoms with E-state index in [0.717, 1.165) is 5.56 Å². The Morgan fingerprint density at radius 3 is 2.80 bits per heavy atom. The lowest BCUT2D eigenvalue weighted by molar-refractivity contribution is 0.0955. The molecule has 0 saturated heterocycles. The van der Waals surface area contributed by atoms with Crippen molar-refractivity contribution in [3.05, 3.63) is 64.2 Å². The number of halogens is 1. The second kappa shape index (κ2) is 6.21. The Labute approximate surface area is 121 Å². The van der Waals surface area contributed by atoms with E-state index in [0.29, 0.717) is 11.1 Å². The Hall–Kier alpha value is -2.33. The highest BCUT2D eigenvalue weighted by atomic mass is 35.5. The average molecular weight is 289 g/mol. The van der Waals surface area contributed by atoms with Gasteiger partial charge in [-0.15, -0.1) is 0 Å². The smallest absolute Gasteiger partial charge is 0.271 e. The predicted octanol–water partition coefficient (Wildman–Crippen LogP) is 3.12. The molecule has 0 spiro atoms. The summed E-state index contributed by atoms with van der Waals surface area (Å²) < 4.78 is 0. The highest BCUT2D eigenvalue weighted by Crippen LogP contribution is 2.25. The number of carbonyl (C=O) groups excluding carboxylic acids is 1. The highest BCUT2D eigenvalue weighted by molar-refractivity contribution is 6.32. The van der Waals surface area contributed by atoms with E-state index in [2.05, 4.69) is 10.5 Å². The van der Waals surface area contributed by atoms with Crippen molar-refractivity contribution < 1.29 is 9.90 Å². The lowest BCUT2D eigenvalue weighted by Crippen LogP contribution is -2.17. The molecule has 102 valence electrons. The Kier molecular flexibility index (Phi) is 4.38. The summed E-state index contributed by atoms with van der Waals surface area (Å²) in [6, 6.07) is 12.1. The number of benzene rings is 2. The summed E-state index contributed by atoms with van der Waals surface area (Å²) in [4.78, 5) is 11.8. The van der Waals surface area contributed by atoms with Crippen molar-refractivity contribution in [1.82, 2.24) is 5.43 Å². The van der Waals surface area contributed by atoms with Crippen LogP contribution in [-0.2, 0) is 0 Å². The van der Waals surface area contributed by atoms with Crippen LogP contribution in [0.5, 0.6) is 5.75 Å². The van der Waals surface area contributed by atoms with Crippen LogP contribution in [0.25, 0.3) is 0 Å². The van der Waals surface area contributed by atoms with Crippen LogP contribution in [0.3, 0.4) is 0 Å². The zero-order chi connectivity index (χ0) is 14.5. The van der Waals surface area contributed by atoms with Crippen LogP contribution in [0, 0.1) is 6.92 Å². The van der Waals surface area contributed by atoms with E-state index in [1.54, 1.807) is 36.4 Å². The number of carbonyl (C=O) groups is 1. The van der Waals surface area contributed by atoms with Crippen molar-refractivity contribution >= 4 is 23.7 Å². The van der Waals surface area contributed by atoms with Crippen LogP contribution >= 0.6 is 11.6 Å². The Morgan fingerprint density at radius 1 is 1.30 bits per heavy atom. The molecule has 20 heavy (non-hydrogen) atoms. The molecule has 1 amide bonds. The van der Waals surface area contributed by atoms with Crippen molar-refractivity contribution in [3.63, 3.8) is 0 Å². The molecule has 0 fully saturated rings. The molecular weight excluding hydrogens is 276 g/mol. The van der Waals surface area contributed by atoms with Crippen molar-refractivity contribution in [1.29, 1.82) is 0 Å². The molecule has 0 heterocycles. The summed E-state index contributed by atoms with van der Waals surface area (Å²) in [5.41, 5.74) is 4.35. The van der Waals surface area contributed by atoms with Gasteiger partial charge >= 0.3 is 0 Å². The molecular formula is C15H13ClN2O2. The van der Waals surface area contributed by atoms with Gasteiger partial charge in [0.2, 0.25) is 0 Å². The van der Waals surface area contributed by atoms with Gasteiger partial charge in [0.1, 0.15) is 5.75 Å². The first-order chi connectivity index (χ1) is 9.58. The van der Waals surface area contributed by atoms with Crippen LogP contribution in [0.2, 0.25) is 5.02 Å². The standard InChI is InChI=1S/C15H13ClN2O2/c1-10-4-2-5-11(8-10)15(20)18-17-9-12-6-3-7-13(16)14(12)19/h2-9,19H,1H3,(H,18,20). The minimum Gasteiger partial charge on any atom is -0.506 e. The molecule has 5 heteroatoms. The van der Waals surface area contributed by atoms with E-state index in [-0.39, 0.29) is 16.7 Å². The molecule has 2 rings (SSSR count). The van der Waals surface area contributed by atoms with Crippen LogP contribution < -0.4 is 5.43 Å². The SMILES string of the molecule is Cc1cccc(C(=O)NN=Cc2cccc(Cl)c2O)c1. The van der Waals surface area contributed by atoms with Crippen molar-refractivity contribution in [2.45, 2.75) is 6.92 Å². The number of hydrogen-bond acceptors (Lipinski definition) is 3. The number of amides is 1. The maximum absolute atomic E-state index is 11.8. The van der Waals surface area contributed by atoms with Gasteiger partial charge < -0.3 is 5.11 Å². The van der Waals surface area contributed by atoms with Crippen molar-refractivity contribution in [3.8, 4) is 5.75 Å². The van der Waals surface area contributed by atoms with Crippen molar-refractivity contribution in [2.75, 3.05) is 0 Å². The number of rotatable bonds is 3. The number of hydrazone groups is 1. The molecule has 0 aromatic heterocycles. The van der Waals surface area contributed by atoms with Gasteiger partial charge in [0, 0.05) is 11.1 Å². The van der Waals surface area contributed by atoms with E-state index >= 15 is 0 Å². The number of nitrogens with zero attached hydrogens (tertiary/aromatic N) is 1. The van der Waals surface area contributed by atoms with Crippen molar-refractivity contribution in [2.24, 2.45) is 5.10 Å². The number of aryl methyl sites for hydroxylation is 1. The first-order valence-electron chi connectivity index (χ1n) is 5.95. The zero-order valence-corrected chi connectivity index (χ0v) is 11.6. The third-order valence-electron chi connectivity index (χ3n) is 2.67.